The maximum absolute atomic E-state index is 12.5. The van der Waals surface area contributed by atoms with Gasteiger partial charge in [-0.3, -0.25) is 14.9 Å². The summed E-state index contributed by atoms with van der Waals surface area (Å²) in [5.41, 5.74) is -1.56. The molecule has 0 aliphatic carbocycles. The summed E-state index contributed by atoms with van der Waals surface area (Å²) in [6, 6.07) is 1.55. The number of carbonyl (C=O) groups excluding carboxylic acids is 1. The molecule has 1 aromatic carbocycles. The molecule has 16 heavy (non-hydrogen) atoms. The van der Waals surface area contributed by atoms with Crippen LogP contribution in [0.4, 0.5) is 14.5 Å². The number of nitro benzene ring substituents is 1. The van der Waals surface area contributed by atoms with Gasteiger partial charge in [0.1, 0.15) is 0 Å². The first-order chi connectivity index (χ1) is 7.34. The first kappa shape index (κ1) is 12.5. The van der Waals surface area contributed by atoms with Crippen LogP contribution in [0.15, 0.2) is 12.1 Å². The average Bonchev–Trinajstić information content (AvgIpc) is 2.16. The normalized spacial score (nSPS) is 10.6. The highest BCUT2D eigenvalue weighted by molar-refractivity contribution is 6.34. The number of non-ortho nitro benzene ring substituents is 1. The lowest BCUT2D eigenvalue weighted by molar-refractivity contribution is -0.385. The van der Waals surface area contributed by atoms with Crippen molar-refractivity contribution in [2.24, 2.45) is 0 Å². The number of rotatable bonds is 3. The Bertz CT molecular complexity index is 462. The van der Waals surface area contributed by atoms with Crippen LogP contribution in [0.2, 0.25) is 5.02 Å². The molecule has 0 fully saturated rings. The van der Waals surface area contributed by atoms with Gasteiger partial charge in [0, 0.05) is 23.3 Å². The smallest absolute Gasteiger partial charge is 0.270 e. The molecule has 1 rings (SSSR count). The molecule has 0 heterocycles. The molecule has 0 radical (unpaired) electrons. The fourth-order valence-corrected chi connectivity index (χ4v) is 1.48. The SMILES string of the molecule is CC(=O)c1cc([N+](=O)[O-])cc(C(F)F)c1Cl. The van der Waals surface area contributed by atoms with E-state index < -0.39 is 33.4 Å². The minimum atomic E-state index is -2.97. The largest absolute Gasteiger partial charge is 0.294 e. The van der Waals surface area contributed by atoms with Crippen LogP contribution in [0.1, 0.15) is 29.3 Å². The summed E-state index contributed by atoms with van der Waals surface area (Å²) in [4.78, 5) is 20.7. The van der Waals surface area contributed by atoms with Crippen LogP contribution < -0.4 is 0 Å². The zero-order valence-corrected chi connectivity index (χ0v) is 8.79. The Morgan fingerprint density at radius 1 is 1.50 bits per heavy atom. The third-order valence-electron chi connectivity index (χ3n) is 1.91. The molecule has 0 unspecified atom stereocenters. The molecule has 7 heteroatoms. The number of hydrogen-bond acceptors (Lipinski definition) is 3. The zero-order valence-electron chi connectivity index (χ0n) is 8.04. The minimum Gasteiger partial charge on any atom is -0.294 e. The average molecular weight is 250 g/mol. The molecule has 86 valence electrons. The van der Waals surface area contributed by atoms with E-state index in [1.165, 1.54) is 0 Å². The van der Waals surface area contributed by atoms with Gasteiger partial charge in [0.15, 0.2) is 5.78 Å². The van der Waals surface area contributed by atoms with Gasteiger partial charge in [0.2, 0.25) is 0 Å². The van der Waals surface area contributed by atoms with E-state index in [1.54, 1.807) is 0 Å². The lowest BCUT2D eigenvalue weighted by Gasteiger charge is -2.06. The Balaban J connectivity index is 3.51. The number of ketones is 1. The molecule has 0 aliphatic heterocycles. The molecular weight excluding hydrogens is 244 g/mol. The van der Waals surface area contributed by atoms with E-state index in [2.05, 4.69) is 0 Å². The quantitative estimate of drug-likeness (QED) is 0.469. The van der Waals surface area contributed by atoms with Gasteiger partial charge in [-0.05, 0) is 6.92 Å². The number of nitrogens with zero attached hydrogens (tertiary/aromatic N) is 1. The van der Waals surface area contributed by atoms with Gasteiger partial charge in [-0.2, -0.15) is 0 Å². The predicted octanol–water partition coefficient (Wildman–Crippen LogP) is 3.39. The molecule has 0 spiro atoms. The lowest BCUT2D eigenvalue weighted by atomic mass is 10.1. The number of alkyl halides is 2. The Kier molecular flexibility index (Phi) is 3.54. The minimum absolute atomic E-state index is 0.272. The van der Waals surface area contributed by atoms with E-state index in [9.17, 15) is 23.7 Å². The third kappa shape index (κ3) is 2.33. The van der Waals surface area contributed by atoms with E-state index in [1.807, 2.05) is 0 Å². The highest BCUT2D eigenvalue weighted by atomic mass is 35.5. The number of Topliss-reactive ketones (excluding diaryl/α,β-unsaturated/α-hetero) is 1. The number of hydrogen-bond donors (Lipinski definition) is 0. The Hall–Kier alpha value is -1.56. The van der Waals surface area contributed by atoms with Crippen LogP contribution in [0, 0.1) is 10.1 Å². The number of carbonyl (C=O) groups is 1. The standard InChI is InChI=1S/C9H6ClF2NO3/c1-4(14)6-2-5(13(15)16)3-7(8(6)10)9(11)12/h2-3,9H,1H3. The topological polar surface area (TPSA) is 60.2 Å². The van der Waals surface area contributed by atoms with Gasteiger partial charge in [-0.1, -0.05) is 11.6 Å². The van der Waals surface area contributed by atoms with E-state index in [-0.39, 0.29) is 5.56 Å². The highest BCUT2D eigenvalue weighted by Gasteiger charge is 2.22. The Labute approximate surface area is 94.0 Å². The van der Waals surface area contributed by atoms with Crippen LogP contribution in [0.5, 0.6) is 0 Å². The molecule has 0 aromatic heterocycles. The Morgan fingerprint density at radius 2 is 2.06 bits per heavy atom. The van der Waals surface area contributed by atoms with Crippen molar-refractivity contribution in [2.75, 3.05) is 0 Å². The monoisotopic (exact) mass is 249 g/mol. The van der Waals surface area contributed by atoms with Crippen LogP contribution >= 0.6 is 11.6 Å². The lowest BCUT2D eigenvalue weighted by Crippen LogP contribution is -2.01. The van der Waals surface area contributed by atoms with E-state index in [0.717, 1.165) is 13.0 Å². The molecule has 0 saturated heterocycles. The number of nitro groups is 1. The first-order valence-corrected chi connectivity index (χ1v) is 4.49. The van der Waals surface area contributed by atoms with Crippen molar-refractivity contribution < 1.29 is 18.5 Å². The molecule has 0 N–H and O–H groups in total. The molecule has 0 atom stereocenters. The van der Waals surface area contributed by atoms with Crippen molar-refractivity contribution in [3.05, 3.63) is 38.4 Å². The maximum Gasteiger partial charge on any atom is 0.270 e. The van der Waals surface area contributed by atoms with Crippen LogP contribution in [0.3, 0.4) is 0 Å². The fraction of sp³-hybridized carbons (Fsp3) is 0.222. The second-order valence-corrected chi connectivity index (χ2v) is 3.39. The van der Waals surface area contributed by atoms with Crippen LogP contribution in [-0.4, -0.2) is 10.7 Å². The second kappa shape index (κ2) is 4.52. The van der Waals surface area contributed by atoms with Crippen molar-refractivity contribution in [1.29, 1.82) is 0 Å². The second-order valence-electron chi connectivity index (χ2n) is 3.01. The van der Waals surface area contributed by atoms with Crippen molar-refractivity contribution in [3.63, 3.8) is 0 Å². The van der Waals surface area contributed by atoms with Crippen LogP contribution in [0.25, 0.3) is 0 Å². The van der Waals surface area contributed by atoms with E-state index in [4.69, 9.17) is 11.6 Å². The first-order valence-electron chi connectivity index (χ1n) is 4.11. The van der Waals surface area contributed by atoms with Gasteiger partial charge in [-0.15, -0.1) is 0 Å². The molecule has 0 amide bonds. The molecule has 1 aromatic rings. The summed E-state index contributed by atoms with van der Waals surface area (Å²) in [6.45, 7) is 1.10. The number of halogens is 3. The molecule has 0 bridgehead atoms. The van der Waals surface area contributed by atoms with Gasteiger partial charge in [0.25, 0.3) is 12.1 Å². The van der Waals surface area contributed by atoms with Gasteiger partial charge in [0.05, 0.1) is 9.95 Å². The van der Waals surface area contributed by atoms with Crippen molar-refractivity contribution in [2.45, 2.75) is 13.3 Å². The molecular formula is C9H6ClF2NO3. The summed E-state index contributed by atoms with van der Waals surface area (Å²) in [7, 11) is 0. The third-order valence-corrected chi connectivity index (χ3v) is 2.33. The molecule has 0 aliphatic rings. The number of benzene rings is 1. The maximum atomic E-state index is 12.5. The van der Waals surface area contributed by atoms with Crippen molar-refractivity contribution in [3.8, 4) is 0 Å². The molecule has 4 nitrogen and oxygen atoms in total. The van der Waals surface area contributed by atoms with Crippen molar-refractivity contribution >= 4 is 23.1 Å². The summed E-state index contributed by atoms with van der Waals surface area (Å²) in [5, 5.41) is 10.0. The highest BCUT2D eigenvalue weighted by Crippen LogP contribution is 2.33. The fourth-order valence-electron chi connectivity index (χ4n) is 1.15. The van der Waals surface area contributed by atoms with E-state index >= 15 is 0 Å². The van der Waals surface area contributed by atoms with Gasteiger partial charge in [-0.25, -0.2) is 8.78 Å². The van der Waals surface area contributed by atoms with Gasteiger partial charge < -0.3 is 0 Å². The molecule has 0 saturated carbocycles. The van der Waals surface area contributed by atoms with Gasteiger partial charge >= 0.3 is 0 Å². The van der Waals surface area contributed by atoms with Crippen LogP contribution in [-0.2, 0) is 0 Å². The summed E-state index contributed by atoms with van der Waals surface area (Å²) in [5.74, 6) is -0.601. The summed E-state index contributed by atoms with van der Waals surface area (Å²) >= 11 is 5.55. The van der Waals surface area contributed by atoms with Crippen molar-refractivity contribution in [1.82, 2.24) is 0 Å². The predicted molar refractivity (Wildman–Crippen MR) is 53.1 cm³/mol. The van der Waals surface area contributed by atoms with E-state index in [0.29, 0.717) is 6.07 Å². The summed E-state index contributed by atoms with van der Waals surface area (Å²) in [6.07, 6.45) is -2.97. The Morgan fingerprint density at radius 3 is 2.44 bits per heavy atom. The summed E-state index contributed by atoms with van der Waals surface area (Å²) < 4.78 is 25.0. The zero-order chi connectivity index (χ0) is 12.5.